The molecule has 1 aliphatic heterocycles. The number of hydrogen-bond acceptors (Lipinski definition) is 9. The number of fused-ring (bicyclic) bond motifs is 4. The lowest BCUT2D eigenvalue weighted by molar-refractivity contribution is -0.135. The number of aromatic nitrogens is 1. The monoisotopic (exact) mass is 527 g/mol. The van der Waals surface area contributed by atoms with E-state index in [0.29, 0.717) is 22.2 Å². The van der Waals surface area contributed by atoms with E-state index in [9.17, 15) is 24.6 Å². The molecule has 0 spiro atoms. The topological polar surface area (TPSA) is 148 Å². The van der Waals surface area contributed by atoms with Crippen molar-refractivity contribution in [3.05, 3.63) is 86.3 Å². The maximum Gasteiger partial charge on any atom is 0.312 e. The second-order valence-corrected chi connectivity index (χ2v) is 9.11. The minimum atomic E-state index is -0.845. The summed E-state index contributed by atoms with van der Waals surface area (Å²) in [5.41, 5.74) is 0.412. The van der Waals surface area contributed by atoms with Gasteiger partial charge in [-0.25, -0.2) is 0 Å². The number of phenols is 2. The van der Waals surface area contributed by atoms with E-state index >= 15 is 0 Å². The Morgan fingerprint density at radius 1 is 0.923 bits per heavy atom. The van der Waals surface area contributed by atoms with Crippen molar-refractivity contribution >= 4 is 27.8 Å². The van der Waals surface area contributed by atoms with E-state index in [4.69, 9.17) is 18.6 Å². The van der Waals surface area contributed by atoms with Gasteiger partial charge in [-0.2, -0.15) is 0 Å². The van der Waals surface area contributed by atoms with E-state index in [1.54, 1.807) is 30.3 Å². The summed E-state index contributed by atoms with van der Waals surface area (Å²) in [5.74, 6) is -1.19. The van der Waals surface area contributed by atoms with Crippen LogP contribution in [-0.4, -0.2) is 35.4 Å². The molecule has 2 aromatic heterocycles. The molecule has 0 aliphatic carbocycles. The molecule has 10 heteroatoms. The largest absolute Gasteiger partial charge is 0.507 e. The number of ether oxygens (including phenoxy) is 3. The van der Waals surface area contributed by atoms with Crippen molar-refractivity contribution in [1.82, 2.24) is 4.98 Å². The first-order valence-electron chi connectivity index (χ1n) is 11.9. The second-order valence-electron chi connectivity index (χ2n) is 9.11. The van der Waals surface area contributed by atoms with E-state index < -0.39 is 28.6 Å². The Hall–Kier alpha value is -5.25. The molecule has 0 radical (unpaired) electrons. The average Bonchev–Trinajstić information content (AvgIpc) is 2.91. The molecular weight excluding hydrogens is 506 g/mol. The molecule has 6 rings (SSSR count). The first-order valence-corrected chi connectivity index (χ1v) is 11.9. The van der Waals surface area contributed by atoms with Gasteiger partial charge in [0, 0.05) is 40.8 Å². The summed E-state index contributed by atoms with van der Waals surface area (Å²) in [7, 11) is 2.93. The molecular formula is C29H21NO9. The van der Waals surface area contributed by atoms with Crippen LogP contribution in [0.4, 0.5) is 0 Å². The summed E-state index contributed by atoms with van der Waals surface area (Å²) in [6, 6.07) is 13.7. The van der Waals surface area contributed by atoms with Gasteiger partial charge < -0.3 is 33.8 Å². The van der Waals surface area contributed by atoms with Crippen LogP contribution in [-0.2, 0) is 4.79 Å². The Labute approximate surface area is 219 Å². The van der Waals surface area contributed by atoms with Crippen molar-refractivity contribution < 1.29 is 33.6 Å². The normalized spacial score (nSPS) is 14.7. The van der Waals surface area contributed by atoms with E-state index in [2.05, 4.69) is 4.98 Å². The molecule has 10 nitrogen and oxygen atoms in total. The Bertz CT molecular complexity index is 1940. The molecule has 3 aromatic carbocycles. The first-order chi connectivity index (χ1) is 18.8. The molecule has 0 amide bonds. The third kappa shape index (κ3) is 3.93. The number of methoxy groups -OCH3 is 2. The van der Waals surface area contributed by atoms with E-state index in [-0.39, 0.29) is 51.5 Å². The van der Waals surface area contributed by atoms with Crippen LogP contribution in [0.1, 0.15) is 23.5 Å². The summed E-state index contributed by atoms with van der Waals surface area (Å²) in [6.07, 6.45) is -0.200. The molecule has 39 heavy (non-hydrogen) atoms. The molecule has 3 heterocycles. The standard InChI is InChI=1S/C29H21NO9/c1-36-15-5-3-13-7-17(29(35)30-18(13)9-15)16-10-25(34)38-24-12-21(33)27-20(32)11-23(39-28(27)26(16)24)14-4-6-22(37-2)19(31)8-14/h3-9,11-12,16,31,33H,10H2,1-2H3,(H,30,35)/t16-/m0/s1. The Balaban J connectivity index is 1.62. The fourth-order valence-electron chi connectivity index (χ4n) is 4.99. The summed E-state index contributed by atoms with van der Waals surface area (Å²) in [5, 5.41) is 21.5. The maximum atomic E-state index is 13.3. The molecule has 1 aliphatic rings. The van der Waals surface area contributed by atoms with Crippen LogP contribution in [0.15, 0.2) is 68.6 Å². The van der Waals surface area contributed by atoms with Gasteiger partial charge in [-0.1, -0.05) is 0 Å². The highest BCUT2D eigenvalue weighted by atomic mass is 16.5. The van der Waals surface area contributed by atoms with Crippen molar-refractivity contribution in [2.45, 2.75) is 12.3 Å². The summed E-state index contributed by atoms with van der Waals surface area (Å²) in [6.45, 7) is 0. The highest BCUT2D eigenvalue weighted by Gasteiger charge is 2.35. The van der Waals surface area contributed by atoms with Gasteiger partial charge in [0.25, 0.3) is 5.56 Å². The molecule has 1 atom stereocenters. The number of carbonyl (C=O) groups is 1. The third-order valence-electron chi connectivity index (χ3n) is 6.85. The molecule has 196 valence electrons. The second kappa shape index (κ2) is 8.95. The van der Waals surface area contributed by atoms with Gasteiger partial charge >= 0.3 is 5.97 Å². The SMILES string of the molecule is COc1ccc2cc([C@@H]3CC(=O)Oc4cc(O)c5c(=O)cc(-c6ccc(OC)c(O)c6)oc5c43)c(=O)[nH]c2c1. The smallest absolute Gasteiger partial charge is 0.312 e. The highest BCUT2D eigenvalue weighted by molar-refractivity contribution is 5.93. The van der Waals surface area contributed by atoms with Crippen LogP contribution in [0, 0.1) is 0 Å². The van der Waals surface area contributed by atoms with Crippen LogP contribution in [0.5, 0.6) is 28.7 Å². The molecule has 0 saturated heterocycles. The Morgan fingerprint density at radius 3 is 2.49 bits per heavy atom. The number of pyridine rings is 1. The van der Waals surface area contributed by atoms with Gasteiger partial charge in [-0.15, -0.1) is 0 Å². The number of carbonyl (C=O) groups excluding carboxylic acids is 1. The third-order valence-corrected chi connectivity index (χ3v) is 6.85. The number of H-pyrrole nitrogens is 1. The van der Waals surface area contributed by atoms with Crippen LogP contribution in [0.3, 0.4) is 0 Å². The predicted molar refractivity (Wildman–Crippen MR) is 141 cm³/mol. The van der Waals surface area contributed by atoms with Gasteiger partial charge in [0.2, 0.25) is 0 Å². The van der Waals surface area contributed by atoms with Crippen LogP contribution in [0.2, 0.25) is 0 Å². The maximum absolute atomic E-state index is 13.3. The summed E-state index contributed by atoms with van der Waals surface area (Å²) in [4.78, 5) is 41.9. The Morgan fingerprint density at radius 2 is 1.74 bits per heavy atom. The number of phenolic OH excluding ortho intramolecular Hbond substituents is 2. The molecule has 0 saturated carbocycles. The number of aromatic hydroxyl groups is 2. The Kier molecular flexibility index (Phi) is 5.53. The van der Waals surface area contributed by atoms with E-state index in [1.165, 1.54) is 38.5 Å². The van der Waals surface area contributed by atoms with Gasteiger partial charge in [-0.3, -0.25) is 14.4 Å². The highest BCUT2D eigenvalue weighted by Crippen LogP contribution is 2.46. The number of benzene rings is 3. The van der Waals surface area contributed by atoms with Crippen molar-refractivity contribution in [3.63, 3.8) is 0 Å². The quantitative estimate of drug-likeness (QED) is 0.231. The predicted octanol–water partition coefficient (Wildman–Crippen LogP) is 4.17. The summed E-state index contributed by atoms with van der Waals surface area (Å²) >= 11 is 0. The molecule has 0 bridgehead atoms. The van der Waals surface area contributed by atoms with Crippen molar-refractivity contribution in [3.8, 4) is 40.1 Å². The van der Waals surface area contributed by atoms with E-state index in [0.717, 1.165) is 0 Å². The lowest BCUT2D eigenvalue weighted by Gasteiger charge is -2.25. The zero-order chi connectivity index (χ0) is 27.4. The van der Waals surface area contributed by atoms with Crippen molar-refractivity contribution in [1.29, 1.82) is 0 Å². The zero-order valence-corrected chi connectivity index (χ0v) is 20.7. The molecule has 0 unspecified atom stereocenters. The molecule has 3 N–H and O–H groups in total. The van der Waals surface area contributed by atoms with E-state index in [1.807, 2.05) is 0 Å². The van der Waals surface area contributed by atoms with Gasteiger partial charge in [0.1, 0.15) is 34.0 Å². The van der Waals surface area contributed by atoms with Crippen LogP contribution in [0.25, 0.3) is 33.2 Å². The lowest BCUT2D eigenvalue weighted by Crippen LogP contribution is -2.26. The molecule has 5 aromatic rings. The number of aromatic amines is 1. The van der Waals surface area contributed by atoms with Gasteiger partial charge in [0.05, 0.1) is 26.2 Å². The average molecular weight is 527 g/mol. The van der Waals surface area contributed by atoms with Crippen molar-refractivity contribution in [2.75, 3.05) is 14.2 Å². The van der Waals surface area contributed by atoms with Gasteiger partial charge in [0.15, 0.2) is 16.9 Å². The fraction of sp³-hybridized carbons (Fsp3) is 0.138. The minimum Gasteiger partial charge on any atom is -0.507 e. The lowest BCUT2D eigenvalue weighted by atomic mass is 9.85. The van der Waals surface area contributed by atoms with Crippen molar-refractivity contribution in [2.24, 2.45) is 0 Å². The zero-order valence-electron chi connectivity index (χ0n) is 20.7. The van der Waals surface area contributed by atoms with Crippen LogP contribution < -0.4 is 25.2 Å². The fourth-order valence-corrected chi connectivity index (χ4v) is 4.99. The number of nitrogens with one attached hydrogen (secondary N) is 1. The number of rotatable bonds is 4. The van der Waals surface area contributed by atoms with Crippen LogP contribution >= 0.6 is 0 Å². The van der Waals surface area contributed by atoms with Gasteiger partial charge in [-0.05, 0) is 41.8 Å². The minimum absolute atomic E-state index is 0.0200. The summed E-state index contributed by atoms with van der Waals surface area (Å²) < 4.78 is 21.9. The molecule has 0 fully saturated rings. The first kappa shape index (κ1) is 24.1. The number of esters is 1. The number of hydrogen-bond donors (Lipinski definition) is 3.